The molecule has 1 aliphatic rings. The number of ether oxygens (including phenoxy) is 2. The van der Waals surface area contributed by atoms with Crippen LogP contribution in [0, 0.1) is 5.92 Å². The molecule has 1 aromatic heterocycles. The molecule has 0 saturated carbocycles. The van der Waals surface area contributed by atoms with Crippen LogP contribution < -0.4 is 4.74 Å². The minimum absolute atomic E-state index is 0.114. The molecule has 0 unspecified atom stereocenters. The van der Waals surface area contributed by atoms with Gasteiger partial charge in [-0.3, -0.25) is 14.6 Å². The molecular formula is C26H26N2O4. The SMILES string of the molecule is CCOC(=O)[C@H]1CCCN(C(=O)c2cncc(-c3ccc(Oc4ccccc4)cc3)c2)C1. The van der Waals surface area contributed by atoms with Crippen molar-refractivity contribution in [2.45, 2.75) is 19.8 Å². The molecule has 6 heteroatoms. The number of rotatable bonds is 6. The number of amides is 1. The molecule has 1 aliphatic heterocycles. The smallest absolute Gasteiger partial charge is 0.310 e. The molecule has 1 fully saturated rings. The van der Waals surface area contributed by atoms with E-state index in [4.69, 9.17) is 9.47 Å². The predicted molar refractivity (Wildman–Crippen MR) is 121 cm³/mol. The van der Waals surface area contributed by atoms with Crippen molar-refractivity contribution in [1.29, 1.82) is 0 Å². The summed E-state index contributed by atoms with van der Waals surface area (Å²) in [5, 5.41) is 0. The number of esters is 1. The van der Waals surface area contributed by atoms with Crippen molar-refractivity contribution in [2.24, 2.45) is 5.92 Å². The fourth-order valence-corrected chi connectivity index (χ4v) is 3.85. The maximum Gasteiger partial charge on any atom is 0.310 e. The van der Waals surface area contributed by atoms with Gasteiger partial charge in [0.25, 0.3) is 5.91 Å². The molecule has 0 N–H and O–H groups in total. The molecule has 0 aliphatic carbocycles. The third-order valence-electron chi connectivity index (χ3n) is 5.48. The van der Waals surface area contributed by atoms with Crippen LogP contribution in [0.2, 0.25) is 0 Å². The zero-order valence-electron chi connectivity index (χ0n) is 18.1. The summed E-state index contributed by atoms with van der Waals surface area (Å²) in [6.45, 7) is 3.16. The van der Waals surface area contributed by atoms with Crippen molar-refractivity contribution in [3.05, 3.63) is 78.6 Å². The highest BCUT2D eigenvalue weighted by Gasteiger charge is 2.30. The lowest BCUT2D eigenvalue weighted by Gasteiger charge is -2.31. The van der Waals surface area contributed by atoms with Crippen molar-refractivity contribution < 1.29 is 19.1 Å². The average Bonchev–Trinajstić information content (AvgIpc) is 2.85. The van der Waals surface area contributed by atoms with Crippen molar-refractivity contribution in [1.82, 2.24) is 9.88 Å². The minimum Gasteiger partial charge on any atom is -0.466 e. The minimum atomic E-state index is -0.263. The van der Waals surface area contributed by atoms with Crippen LogP contribution >= 0.6 is 0 Å². The Morgan fingerprint density at radius 1 is 1.00 bits per heavy atom. The lowest BCUT2D eigenvalue weighted by Crippen LogP contribution is -2.42. The van der Waals surface area contributed by atoms with E-state index in [9.17, 15) is 9.59 Å². The second-order valence-electron chi connectivity index (χ2n) is 7.74. The van der Waals surface area contributed by atoms with E-state index >= 15 is 0 Å². The Kier molecular flexibility index (Phi) is 6.80. The first-order chi connectivity index (χ1) is 15.6. The number of carbonyl (C=O) groups excluding carboxylic acids is 2. The summed E-state index contributed by atoms with van der Waals surface area (Å²) in [7, 11) is 0. The van der Waals surface area contributed by atoms with Crippen molar-refractivity contribution in [3.63, 3.8) is 0 Å². The molecule has 32 heavy (non-hydrogen) atoms. The first kappa shape index (κ1) is 21.6. The number of hydrogen-bond acceptors (Lipinski definition) is 5. The molecule has 1 atom stereocenters. The molecule has 0 radical (unpaired) electrons. The first-order valence-corrected chi connectivity index (χ1v) is 10.9. The number of piperidine rings is 1. The first-order valence-electron chi connectivity index (χ1n) is 10.9. The van der Waals surface area contributed by atoms with Crippen LogP contribution in [-0.2, 0) is 9.53 Å². The van der Waals surface area contributed by atoms with E-state index in [0.29, 0.717) is 25.3 Å². The van der Waals surface area contributed by atoms with E-state index in [0.717, 1.165) is 35.5 Å². The van der Waals surface area contributed by atoms with Gasteiger partial charge in [0.2, 0.25) is 0 Å². The van der Waals surface area contributed by atoms with Gasteiger partial charge in [-0.25, -0.2) is 0 Å². The highest BCUT2D eigenvalue weighted by molar-refractivity contribution is 5.95. The number of likely N-dealkylation sites (tertiary alicyclic amines) is 1. The van der Waals surface area contributed by atoms with Gasteiger partial charge in [0.05, 0.1) is 18.1 Å². The van der Waals surface area contributed by atoms with Gasteiger partial charge in [-0.2, -0.15) is 0 Å². The second-order valence-corrected chi connectivity index (χ2v) is 7.74. The van der Waals surface area contributed by atoms with Gasteiger partial charge in [-0.05, 0) is 55.7 Å². The van der Waals surface area contributed by atoms with Gasteiger partial charge < -0.3 is 14.4 Å². The molecule has 3 aromatic rings. The molecule has 0 bridgehead atoms. The van der Waals surface area contributed by atoms with Gasteiger partial charge in [-0.1, -0.05) is 30.3 Å². The predicted octanol–water partition coefficient (Wildman–Crippen LogP) is 4.96. The topological polar surface area (TPSA) is 68.7 Å². The Balaban J connectivity index is 1.46. The summed E-state index contributed by atoms with van der Waals surface area (Å²) in [6.07, 6.45) is 4.84. The van der Waals surface area contributed by atoms with E-state index < -0.39 is 0 Å². The molecule has 0 spiro atoms. The van der Waals surface area contributed by atoms with Crippen molar-refractivity contribution in [2.75, 3.05) is 19.7 Å². The Morgan fingerprint density at radius 2 is 1.75 bits per heavy atom. The number of aromatic nitrogens is 1. The third-order valence-corrected chi connectivity index (χ3v) is 5.48. The van der Waals surface area contributed by atoms with Crippen molar-refractivity contribution >= 4 is 11.9 Å². The zero-order valence-corrected chi connectivity index (χ0v) is 18.1. The van der Waals surface area contributed by atoms with Crippen LogP contribution in [0.15, 0.2) is 73.1 Å². The van der Waals surface area contributed by atoms with Gasteiger partial charge >= 0.3 is 5.97 Å². The van der Waals surface area contributed by atoms with Gasteiger partial charge in [-0.15, -0.1) is 0 Å². The van der Waals surface area contributed by atoms with Gasteiger partial charge in [0, 0.05) is 31.0 Å². The van der Waals surface area contributed by atoms with Gasteiger partial charge in [0.1, 0.15) is 11.5 Å². The molecule has 6 nitrogen and oxygen atoms in total. The lowest BCUT2D eigenvalue weighted by atomic mass is 9.97. The molecular weight excluding hydrogens is 404 g/mol. The molecule has 2 aromatic carbocycles. The molecule has 2 heterocycles. The third kappa shape index (κ3) is 5.14. The average molecular weight is 431 g/mol. The standard InChI is InChI=1S/C26H26N2O4/c1-2-31-26(30)20-7-6-14-28(18-20)25(29)22-15-21(16-27-17-22)19-10-12-24(13-11-19)32-23-8-4-3-5-9-23/h3-5,8-13,15-17,20H,2,6-7,14,18H2,1H3/t20-/m0/s1. The molecule has 1 amide bonds. The fraction of sp³-hybridized carbons (Fsp3) is 0.269. The van der Waals surface area contributed by atoms with E-state index in [1.165, 1.54) is 0 Å². The van der Waals surface area contributed by atoms with E-state index in [-0.39, 0.29) is 17.8 Å². The van der Waals surface area contributed by atoms with Crippen LogP contribution in [0.3, 0.4) is 0 Å². The molecule has 4 rings (SSSR count). The summed E-state index contributed by atoms with van der Waals surface area (Å²) < 4.78 is 11.0. The summed E-state index contributed by atoms with van der Waals surface area (Å²) in [4.78, 5) is 31.2. The summed E-state index contributed by atoms with van der Waals surface area (Å²) >= 11 is 0. The van der Waals surface area contributed by atoms with E-state index in [1.54, 1.807) is 24.2 Å². The Labute approximate surface area is 187 Å². The normalized spacial score (nSPS) is 15.8. The lowest BCUT2D eigenvalue weighted by molar-refractivity contribution is -0.149. The summed E-state index contributed by atoms with van der Waals surface area (Å²) in [5.41, 5.74) is 2.30. The number of hydrogen-bond donors (Lipinski definition) is 0. The Hall–Kier alpha value is -3.67. The van der Waals surface area contributed by atoms with Crippen molar-refractivity contribution in [3.8, 4) is 22.6 Å². The number of nitrogens with zero attached hydrogens (tertiary/aromatic N) is 2. The summed E-state index contributed by atoms with van der Waals surface area (Å²) in [5.74, 6) is 0.906. The molecule has 1 saturated heterocycles. The van der Waals surface area contributed by atoms with Crippen LogP contribution in [0.25, 0.3) is 11.1 Å². The van der Waals surface area contributed by atoms with E-state index in [1.807, 2.05) is 60.7 Å². The quantitative estimate of drug-likeness (QED) is 0.517. The summed E-state index contributed by atoms with van der Waals surface area (Å²) in [6, 6.07) is 19.1. The second kappa shape index (κ2) is 10.1. The largest absolute Gasteiger partial charge is 0.466 e. The number of para-hydroxylation sites is 1. The number of pyridine rings is 1. The van der Waals surface area contributed by atoms with Gasteiger partial charge in [0.15, 0.2) is 0 Å². The highest BCUT2D eigenvalue weighted by atomic mass is 16.5. The van der Waals surface area contributed by atoms with E-state index in [2.05, 4.69) is 4.98 Å². The van der Waals surface area contributed by atoms with Crippen LogP contribution in [-0.4, -0.2) is 41.5 Å². The maximum absolute atomic E-state index is 13.1. The zero-order chi connectivity index (χ0) is 22.3. The fourth-order valence-electron chi connectivity index (χ4n) is 3.85. The molecule has 164 valence electrons. The number of carbonyl (C=O) groups is 2. The Bertz CT molecular complexity index is 1070. The van der Waals surface area contributed by atoms with Crippen LogP contribution in [0.4, 0.5) is 0 Å². The number of benzene rings is 2. The highest BCUT2D eigenvalue weighted by Crippen LogP contribution is 2.27. The Morgan fingerprint density at radius 3 is 2.50 bits per heavy atom. The monoisotopic (exact) mass is 430 g/mol. The maximum atomic E-state index is 13.1. The van der Waals surface area contributed by atoms with Crippen LogP contribution in [0.5, 0.6) is 11.5 Å². The van der Waals surface area contributed by atoms with Crippen LogP contribution in [0.1, 0.15) is 30.1 Å².